The molecule has 0 atom stereocenters. The molecule has 10 nitrogen and oxygen atoms in total. The highest BCUT2D eigenvalue weighted by Crippen LogP contribution is 2.23. The summed E-state index contributed by atoms with van der Waals surface area (Å²) in [6, 6.07) is 14.3. The summed E-state index contributed by atoms with van der Waals surface area (Å²) in [5.41, 5.74) is 0.514. The minimum atomic E-state index is -3.81. The Labute approximate surface area is 195 Å². The van der Waals surface area contributed by atoms with Gasteiger partial charge in [-0.2, -0.15) is 10.4 Å². The van der Waals surface area contributed by atoms with Crippen molar-refractivity contribution in [2.75, 3.05) is 26.0 Å². The lowest BCUT2D eigenvalue weighted by molar-refractivity contribution is -0.119. The van der Waals surface area contributed by atoms with Gasteiger partial charge in [0.05, 0.1) is 27.4 Å². The summed E-state index contributed by atoms with van der Waals surface area (Å²) in [6.07, 6.45) is 1.30. The number of hydrogen-bond acceptors (Lipinski definition) is 7. The van der Waals surface area contributed by atoms with E-state index in [1.807, 2.05) is 6.07 Å². The fraction of sp³-hybridized carbons (Fsp3) is 0.143. The Hall–Kier alpha value is -3.72. The number of hydrogen-bond donors (Lipinski definition) is 1. The van der Waals surface area contributed by atoms with Crippen molar-refractivity contribution >= 4 is 39.3 Å². The van der Waals surface area contributed by atoms with Crippen molar-refractivity contribution in [3.05, 3.63) is 70.9 Å². The number of halogens is 1. The van der Waals surface area contributed by atoms with Crippen molar-refractivity contribution in [3.63, 3.8) is 0 Å². The molecule has 33 heavy (non-hydrogen) atoms. The van der Waals surface area contributed by atoms with E-state index in [4.69, 9.17) is 16.3 Å². The molecule has 0 aliphatic carbocycles. The van der Waals surface area contributed by atoms with Gasteiger partial charge in [0.15, 0.2) is 12.4 Å². The molecular weight excluding hydrogens is 470 g/mol. The average Bonchev–Trinajstić information content (AvgIpc) is 3.20. The maximum atomic E-state index is 12.5. The Kier molecular flexibility index (Phi) is 7.13. The summed E-state index contributed by atoms with van der Waals surface area (Å²) in [5, 5.41) is 15.9. The number of anilines is 1. The molecule has 12 heteroatoms. The highest BCUT2D eigenvalue weighted by atomic mass is 35.5. The van der Waals surface area contributed by atoms with Crippen LogP contribution in [-0.2, 0) is 19.6 Å². The van der Waals surface area contributed by atoms with Gasteiger partial charge in [-0.1, -0.05) is 29.8 Å². The van der Waals surface area contributed by atoms with E-state index >= 15 is 0 Å². The maximum absolute atomic E-state index is 12.5. The number of ether oxygens (including phenoxy) is 1. The maximum Gasteiger partial charge on any atom is 0.340 e. The fourth-order valence-corrected chi connectivity index (χ4v) is 3.85. The molecule has 0 bridgehead atoms. The molecule has 0 saturated carbocycles. The van der Waals surface area contributed by atoms with Crippen LogP contribution < -0.4 is 5.32 Å². The molecule has 2 aromatic carbocycles. The van der Waals surface area contributed by atoms with Crippen LogP contribution in [0, 0.1) is 11.3 Å². The molecule has 0 radical (unpaired) electrons. The van der Waals surface area contributed by atoms with Gasteiger partial charge in [0.1, 0.15) is 11.6 Å². The van der Waals surface area contributed by atoms with Crippen LogP contribution in [0.15, 0.2) is 59.6 Å². The van der Waals surface area contributed by atoms with E-state index in [1.54, 1.807) is 30.3 Å². The molecule has 0 aliphatic rings. The summed E-state index contributed by atoms with van der Waals surface area (Å²) >= 11 is 6.02. The first-order chi connectivity index (χ1) is 15.6. The zero-order valence-corrected chi connectivity index (χ0v) is 19.1. The van der Waals surface area contributed by atoms with Crippen molar-refractivity contribution in [1.29, 1.82) is 5.26 Å². The van der Waals surface area contributed by atoms with Crippen LogP contribution in [0.1, 0.15) is 15.9 Å². The van der Waals surface area contributed by atoms with Crippen molar-refractivity contribution in [2.45, 2.75) is 4.90 Å². The van der Waals surface area contributed by atoms with Crippen molar-refractivity contribution in [3.8, 4) is 11.8 Å². The fourth-order valence-electron chi connectivity index (χ4n) is 2.72. The first-order valence-electron chi connectivity index (χ1n) is 9.37. The number of carbonyl (C=O) groups is 2. The van der Waals surface area contributed by atoms with E-state index in [0.29, 0.717) is 5.69 Å². The van der Waals surface area contributed by atoms with Crippen molar-refractivity contribution in [2.24, 2.45) is 0 Å². The van der Waals surface area contributed by atoms with Crippen LogP contribution in [0.5, 0.6) is 0 Å². The Morgan fingerprint density at radius 1 is 1.21 bits per heavy atom. The summed E-state index contributed by atoms with van der Waals surface area (Å²) in [5.74, 6) is -1.60. The number of nitrogens with zero attached hydrogens (tertiary/aromatic N) is 4. The van der Waals surface area contributed by atoms with Crippen LogP contribution in [0.3, 0.4) is 0 Å². The van der Waals surface area contributed by atoms with E-state index < -0.39 is 28.5 Å². The second kappa shape index (κ2) is 9.83. The predicted octanol–water partition coefficient (Wildman–Crippen LogP) is 2.44. The third-order valence-corrected chi connectivity index (χ3v) is 6.56. The third kappa shape index (κ3) is 5.20. The lowest BCUT2D eigenvalue weighted by Crippen LogP contribution is -2.24. The number of sulfonamides is 1. The number of esters is 1. The minimum absolute atomic E-state index is 0.0352. The van der Waals surface area contributed by atoms with Crippen molar-refractivity contribution in [1.82, 2.24) is 14.1 Å². The molecular formula is C21H18ClN5O5S. The topological polar surface area (TPSA) is 134 Å². The highest BCUT2D eigenvalue weighted by molar-refractivity contribution is 7.89. The quantitative estimate of drug-likeness (QED) is 0.505. The average molecular weight is 488 g/mol. The number of benzene rings is 2. The van der Waals surface area contributed by atoms with Gasteiger partial charge in [-0.05, 0) is 30.3 Å². The number of rotatable bonds is 7. The van der Waals surface area contributed by atoms with E-state index in [0.717, 1.165) is 10.4 Å². The Bertz CT molecular complexity index is 1350. The van der Waals surface area contributed by atoms with Crippen LogP contribution in [0.2, 0.25) is 5.02 Å². The molecule has 0 spiro atoms. The largest absolute Gasteiger partial charge is 0.452 e. The second-order valence-corrected chi connectivity index (χ2v) is 9.38. The van der Waals surface area contributed by atoms with Crippen LogP contribution in [0.25, 0.3) is 5.69 Å². The molecule has 1 amide bonds. The minimum Gasteiger partial charge on any atom is -0.452 e. The normalized spacial score (nSPS) is 11.1. The molecule has 0 unspecified atom stereocenters. The summed E-state index contributed by atoms with van der Waals surface area (Å²) in [6.45, 7) is -0.704. The van der Waals surface area contributed by atoms with Gasteiger partial charge >= 0.3 is 5.97 Å². The van der Waals surface area contributed by atoms with Gasteiger partial charge in [0.2, 0.25) is 10.0 Å². The van der Waals surface area contributed by atoms with Gasteiger partial charge in [0.25, 0.3) is 5.91 Å². The number of aromatic nitrogens is 2. The van der Waals surface area contributed by atoms with Gasteiger partial charge in [-0.25, -0.2) is 22.2 Å². The zero-order valence-electron chi connectivity index (χ0n) is 17.5. The Balaban J connectivity index is 1.75. The molecule has 0 aliphatic heterocycles. The summed E-state index contributed by atoms with van der Waals surface area (Å²) < 4.78 is 32.0. The lowest BCUT2D eigenvalue weighted by Gasteiger charge is -2.13. The third-order valence-electron chi connectivity index (χ3n) is 4.42. The van der Waals surface area contributed by atoms with Crippen LogP contribution >= 0.6 is 11.6 Å². The summed E-state index contributed by atoms with van der Waals surface area (Å²) in [7, 11) is -1.11. The van der Waals surface area contributed by atoms with Crippen molar-refractivity contribution < 1.29 is 22.7 Å². The molecule has 1 N–H and O–H groups in total. The standard InChI is InChI=1S/C21H18ClN5O5S/c1-26(2)33(30,31)16-8-9-18(22)17(10-16)21(29)32-13-19(28)25-20-14(11-23)12-24-27(20)15-6-4-3-5-7-15/h3-10,12H,13H2,1-2H3,(H,25,28). The van der Waals surface area contributed by atoms with E-state index in [2.05, 4.69) is 10.4 Å². The molecule has 3 rings (SSSR count). The second-order valence-electron chi connectivity index (χ2n) is 6.82. The highest BCUT2D eigenvalue weighted by Gasteiger charge is 2.22. The number of amides is 1. The number of carbonyl (C=O) groups excluding carboxylic acids is 2. The van der Waals surface area contributed by atoms with E-state index in [9.17, 15) is 23.3 Å². The molecule has 1 aromatic heterocycles. The SMILES string of the molecule is CN(C)S(=O)(=O)c1ccc(Cl)c(C(=O)OCC(=O)Nc2c(C#N)cnn2-c2ccccc2)c1. The smallest absolute Gasteiger partial charge is 0.340 e. The van der Waals surface area contributed by atoms with Gasteiger partial charge in [-0.15, -0.1) is 0 Å². The molecule has 0 saturated heterocycles. The first kappa shape index (κ1) is 23.9. The van der Waals surface area contributed by atoms with E-state index in [-0.39, 0.29) is 26.9 Å². The number of nitriles is 1. The molecule has 170 valence electrons. The Morgan fingerprint density at radius 3 is 2.55 bits per heavy atom. The number of nitrogens with one attached hydrogen (secondary N) is 1. The van der Waals surface area contributed by atoms with Gasteiger partial charge in [0, 0.05) is 14.1 Å². The number of para-hydroxylation sites is 1. The van der Waals surface area contributed by atoms with Gasteiger partial charge < -0.3 is 10.1 Å². The molecule has 3 aromatic rings. The van der Waals surface area contributed by atoms with Gasteiger partial charge in [-0.3, -0.25) is 4.79 Å². The first-order valence-corrected chi connectivity index (χ1v) is 11.2. The van der Waals surface area contributed by atoms with Crippen LogP contribution in [0.4, 0.5) is 5.82 Å². The molecule has 1 heterocycles. The Morgan fingerprint density at radius 2 is 1.91 bits per heavy atom. The molecule has 0 fully saturated rings. The van der Waals surface area contributed by atoms with Crippen LogP contribution in [-0.4, -0.2) is 55.1 Å². The zero-order chi connectivity index (χ0) is 24.2. The summed E-state index contributed by atoms with van der Waals surface area (Å²) in [4.78, 5) is 24.7. The van der Waals surface area contributed by atoms with E-state index in [1.165, 1.54) is 37.1 Å². The predicted molar refractivity (Wildman–Crippen MR) is 120 cm³/mol. The monoisotopic (exact) mass is 487 g/mol. The lowest BCUT2D eigenvalue weighted by atomic mass is 10.2.